The molecule has 0 fully saturated rings. The van der Waals surface area contributed by atoms with Crippen LogP contribution in [0.4, 0.5) is 0 Å². The summed E-state index contributed by atoms with van der Waals surface area (Å²) in [5, 5.41) is 22.4. The topological polar surface area (TPSA) is 231 Å². The lowest BCUT2D eigenvalue weighted by Gasteiger charge is -2.22. The van der Waals surface area contributed by atoms with Crippen LogP contribution in [0.1, 0.15) is 25.0 Å². The van der Waals surface area contributed by atoms with Crippen LogP contribution in [-0.2, 0) is 30.4 Å². The zero-order chi connectivity index (χ0) is 21.3. The van der Waals surface area contributed by atoms with Crippen molar-refractivity contribution in [2.75, 3.05) is 0 Å². The molecule has 1 aromatic heterocycles. The Morgan fingerprint density at radius 1 is 1.11 bits per heavy atom. The highest BCUT2D eigenvalue weighted by Crippen LogP contribution is 2.04. The smallest absolute Gasteiger partial charge is 0.326 e. The number of amides is 3. The van der Waals surface area contributed by atoms with Gasteiger partial charge in [0.2, 0.25) is 17.7 Å². The van der Waals surface area contributed by atoms with Crippen LogP contribution >= 0.6 is 0 Å². The number of aromatic nitrogens is 2. The molecule has 1 rings (SSSR count). The van der Waals surface area contributed by atoms with Crippen molar-refractivity contribution in [2.45, 2.75) is 43.8 Å². The Morgan fingerprint density at radius 2 is 1.75 bits per heavy atom. The SMILES string of the molecule is NC(=O)CC(N)C(=O)NC(Cc1cnc[nH]1)C(=O)NC(CCC(=O)O)C(=O)O. The number of carbonyl (C=O) groups is 5. The molecule has 13 heteroatoms. The number of nitrogens with one attached hydrogen (secondary N) is 3. The van der Waals surface area contributed by atoms with Gasteiger partial charge in [-0.1, -0.05) is 0 Å². The lowest BCUT2D eigenvalue weighted by molar-refractivity contribution is -0.143. The molecular weight excluding hydrogens is 376 g/mol. The Morgan fingerprint density at radius 3 is 2.25 bits per heavy atom. The number of carboxylic acid groups (broad SMARTS) is 2. The molecule has 154 valence electrons. The molecule has 28 heavy (non-hydrogen) atoms. The van der Waals surface area contributed by atoms with Crippen LogP contribution in [0.15, 0.2) is 12.5 Å². The number of imidazole rings is 1. The lowest BCUT2D eigenvalue weighted by atomic mass is 10.1. The Balaban J connectivity index is 2.88. The van der Waals surface area contributed by atoms with E-state index in [-0.39, 0.29) is 12.8 Å². The number of carbonyl (C=O) groups excluding carboxylic acids is 3. The van der Waals surface area contributed by atoms with Crippen LogP contribution in [0, 0.1) is 0 Å². The highest BCUT2D eigenvalue weighted by Gasteiger charge is 2.29. The monoisotopic (exact) mass is 398 g/mol. The maximum atomic E-state index is 12.5. The minimum atomic E-state index is -1.47. The van der Waals surface area contributed by atoms with Crippen molar-refractivity contribution in [1.29, 1.82) is 0 Å². The predicted octanol–water partition coefficient (Wildman–Crippen LogP) is -2.93. The van der Waals surface area contributed by atoms with Gasteiger partial charge in [0.15, 0.2) is 0 Å². The number of primary amides is 1. The molecule has 13 nitrogen and oxygen atoms in total. The summed E-state index contributed by atoms with van der Waals surface area (Å²) in [7, 11) is 0. The summed E-state index contributed by atoms with van der Waals surface area (Å²) in [5.74, 6) is -5.16. The second-order valence-corrected chi connectivity index (χ2v) is 5.95. The highest BCUT2D eigenvalue weighted by molar-refractivity contribution is 5.93. The third-order valence-electron chi connectivity index (χ3n) is 3.63. The maximum Gasteiger partial charge on any atom is 0.326 e. The first-order valence-electron chi connectivity index (χ1n) is 8.16. The number of rotatable bonds is 12. The number of aliphatic carboxylic acids is 2. The molecule has 0 saturated carbocycles. The van der Waals surface area contributed by atoms with Crippen molar-refractivity contribution in [3.05, 3.63) is 18.2 Å². The average Bonchev–Trinajstić information content (AvgIpc) is 3.09. The summed E-state index contributed by atoms with van der Waals surface area (Å²) in [4.78, 5) is 63.9. The van der Waals surface area contributed by atoms with Crippen LogP contribution in [0.25, 0.3) is 0 Å². The van der Waals surface area contributed by atoms with Crippen molar-refractivity contribution in [1.82, 2.24) is 20.6 Å². The summed E-state index contributed by atoms with van der Waals surface area (Å²) in [5.41, 5.74) is 11.0. The Hall–Kier alpha value is -3.48. The molecule has 0 radical (unpaired) electrons. The van der Waals surface area contributed by atoms with Crippen molar-refractivity contribution in [3.63, 3.8) is 0 Å². The van der Waals surface area contributed by atoms with Gasteiger partial charge in [-0.2, -0.15) is 0 Å². The molecule has 0 aliphatic heterocycles. The lowest BCUT2D eigenvalue weighted by Crippen LogP contribution is -2.55. The minimum Gasteiger partial charge on any atom is -0.481 e. The molecule has 0 aromatic carbocycles. The summed E-state index contributed by atoms with van der Waals surface area (Å²) >= 11 is 0. The normalized spacial score (nSPS) is 13.8. The van der Waals surface area contributed by atoms with Gasteiger partial charge in [-0.05, 0) is 6.42 Å². The Bertz CT molecular complexity index is 720. The fourth-order valence-electron chi connectivity index (χ4n) is 2.21. The molecule has 0 aliphatic rings. The van der Waals surface area contributed by atoms with Crippen LogP contribution in [0.3, 0.4) is 0 Å². The number of aromatic amines is 1. The van der Waals surface area contributed by atoms with Crippen molar-refractivity contribution < 1.29 is 34.2 Å². The number of nitrogens with zero attached hydrogens (tertiary/aromatic N) is 1. The maximum absolute atomic E-state index is 12.5. The van der Waals surface area contributed by atoms with Crippen molar-refractivity contribution in [2.24, 2.45) is 11.5 Å². The van der Waals surface area contributed by atoms with E-state index in [9.17, 15) is 24.0 Å². The van der Waals surface area contributed by atoms with E-state index in [0.29, 0.717) is 5.69 Å². The number of hydrogen-bond acceptors (Lipinski definition) is 7. The second kappa shape index (κ2) is 10.6. The number of carboxylic acids is 2. The van der Waals surface area contributed by atoms with Crippen LogP contribution < -0.4 is 22.1 Å². The van der Waals surface area contributed by atoms with Crippen LogP contribution in [0.5, 0.6) is 0 Å². The third kappa shape index (κ3) is 7.82. The zero-order valence-electron chi connectivity index (χ0n) is 14.8. The first-order valence-corrected chi connectivity index (χ1v) is 8.16. The van der Waals surface area contributed by atoms with E-state index in [4.69, 9.17) is 21.7 Å². The van der Waals surface area contributed by atoms with Gasteiger partial charge in [-0.25, -0.2) is 9.78 Å². The van der Waals surface area contributed by atoms with E-state index >= 15 is 0 Å². The molecule has 1 heterocycles. The molecule has 1 aromatic rings. The molecule has 3 amide bonds. The predicted molar refractivity (Wildman–Crippen MR) is 92.4 cm³/mol. The molecule has 9 N–H and O–H groups in total. The largest absolute Gasteiger partial charge is 0.481 e. The summed E-state index contributed by atoms with van der Waals surface area (Å²) in [6, 6.07) is -4.01. The van der Waals surface area contributed by atoms with Crippen molar-refractivity contribution in [3.8, 4) is 0 Å². The van der Waals surface area contributed by atoms with Gasteiger partial charge in [0.25, 0.3) is 0 Å². The third-order valence-corrected chi connectivity index (χ3v) is 3.63. The Labute approximate surface area is 158 Å². The average molecular weight is 398 g/mol. The van der Waals surface area contributed by atoms with Gasteiger partial charge in [0.1, 0.15) is 12.1 Å². The van der Waals surface area contributed by atoms with E-state index in [1.54, 1.807) is 0 Å². The molecule has 0 aliphatic carbocycles. The molecule has 3 atom stereocenters. The van der Waals surface area contributed by atoms with Gasteiger partial charge in [0.05, 0.1) is 18.8 Å². The molecule has 3 unspecified atom stereocenters. The Kier molecular flexibility index (Phi) is 8.55. The van der Waals surface area contributed by atoms with E-state index in [1.807, 2.05) is 0 Å². The van der Waals surface area contributed by atoms with E-state index in [0.717, 1.165) is 0 Å². The van der Waals surface area contributed by atoms with Gasteiger partial charge >= 0.3 is 11.9 Å². The quantitative estimate of drug-likeness (QED) is 0.191. The fraction of sp³-hybridized carbons (Fsp3) is 0.467. The zero-order valence-corrected chi connectivity index (χ0v) is 14.8. The standard InChI is InChI=1S/C15H22N6O7/c16-8(4-11(17)22)13(25)21-10(3-7-5-18-6-19-7)14(26)20-9(15(27)28)1-2-12(23)24/h5-6,8-10H,1-4,16H2,(H2,17,22)(H,18,19)(H,20,26)(H,21,25)(H,23,24)(H,27,28). The fourth-order valence-corrected chi connectivity index (χ4v) is 2.21. The van der Waals surface area contributed by atoms with Crippen LogP contribution in [0.2, 0.25) is 0 Å². The van der Waals surface area contributed by atoms with Crippen molar-refractivity contribution >= 4 is 29.7 Å². The second-order valence-electron chi connectivity index (χ2n) is 5.95. The van der Waals surface area contributed by atoms with Crippen LogP contribution in [-0.4, -0.2) is 68.0 Å². The molecule has 0 saturated heterocycles. The number of H-pyrrole nitrogens is 1. The minimum absolute atomic E-state index is 0.0772. The summed E-state index contributed by atoms with van der Waals surface area (Å²) < 4.78 is 0. The first kappa shape index (κ1) is 22.6. The molecule has 0 spiro atoms. The first-order chi connectivity index (χ1) is 13.1. The summed E-state index contributed by atoms with van der Waals surface area (Å²) in [6.45, 7) is 0. The van der Waals surface area contributed by atoms with Gasteiger partial charge in [-0.15, -0.1) is 0 Å². The molecular formula is C15H22N6O7. The van der Waals surface area contributed by atoms with E-state index in [1.165, 1.54) is 12.5 Å². The summed E-state index contributed by atoms with van der Waals surface area (Å²) in [6.07, 6.45) is 1.40. The van der Waals surface area contributed by atoms with E-state index in [2.05, 4.69) is 20.6 Å². The van der Waals surface area contributed by atoms with Gasteiger partial charge in [-0.3, -0.25) is 19.2 Å². The van der Waals surface area contributed by atoms with Gasteiger partial charge < -0.3 is 37.3 Å². The van der Waals surface area contributed by atoms with E-state index < -0.39 is 60.6 Å². The number of nitrogens with two attached hydrogens (primary N) is 2. The number of hydrogen-bond donors (Lipinski definition) is 7. The molecule has 0 bridgehead atoms. The van der Waals surface area contributed by atoms with Gasteiger partial charge in [0, 0.05) is 24.7 Å². The highest BCUT2D eigenvalue weighted by atomic mass is 16.4.